The molecule has 3 fully saturated rings. The molecule has 1 aromatic rings. The Morgan fingerprint density at radius 1 is 1.27 bits per heavy atom. The number of hydrogen-bond donors (Lipinski definition) is 1. The number of nitrogens with one attached hydrogen (secondary N) is 1. The van der Waals surface area contributed by atoms with Gasteiger partial charge in [-0.1, -0.05) is 19.3 Å². The fraction of sp³-hybridized carbons (Fsp3) is 0.714. The number of carbonyl (C=O) groups excluding carboxylic acids is 1. The number of amides is 1. The average Bonchev–Trinajstić information content (AvgIpc) is 3.34. The fourth-order valence-corrected chi connectivity index (χ4v) is 5.16. The van der Waals surface area contributed by atoms with Crippen LogP contribution < -0.4 is 10.2 Å². The normalized spacial score (nSPS) is 25.0. The average molecular weight is 357 g/mol. The van der Waals surface area contributed by atoms with Gasteiger partial charge in [-0.15, -0.1) is 0 Å². The quantitative estimate of drug-likeness (QED) is 0.900. The Morgan fingerprint density at radius 3 is 2.77 bits per heavy atom. The Balaban J connectivity index is 1.48. The van der Waals surface area contributed by atoms with Crippen LogP contribution in [-0.2, 0) is 0 Å². The zero-order chi connectivity index (χ0) is 18.0. The summed E-state index contributed by atoms with van der Waals surface area (Å²) in [5, 5.41) is 3.78. The van der Waals surface area contributed by atoms with Crippen LogP contribution >= 0.6 is 0 Å². The Hall–Kier alpha value is -1.62. The minimum Gasteiger partial charge on any atom is -0.357 e. The molecule has 0 radical (unpaired) electrons. The molecular formula is C21H32N4O. The predicted molar refractivity (Wildman–Crippen MR) is 105 cm³/mol. The predicted octanol–water partition coefficient (Wildman–Crippen LogP) is 3.21. The molecular weight excluding hydrogens is 324 g/mol. The highest BCUT2D eigenvalue weighted by atomic mass is 16.2. The Kier molecular flexibility index (Phi) is 5.16. The molecule has 0 bridgehead atoms. The van der Waals surface area contributed by atoms with Gasteiger partial charge in [-0.05, 0) is 51.2 Å². The molecule has 3 heterocycles. The van der Waals surface area contributed by atoms with Gasteiger partial charge in [0.05, 0.1) is 0 Å². The van der Waals surface area contributed by atoms with Crippen molar-refractivity contribution in [3.8, 4) is 0 Å². The SMILES string of the molecule is CCN(C(=O)c1ccnc(N2CCCC2)c1)[C@H]1CNC2(CCCCC2)C1. The lowest BCUT2D eigenvalue weighted by molar-refractivity contribution is 0.0694. The number of anilines is 1. The van der Waals surface area contributed by atoms with Gasteiger partial charge in [0.1, 0.15) is 5.82 Å². The summed E-state index contributed by atoms with van der Waals surface area (Å²) in [5.74, 6) is 1.12. The van der Waals surface area contributed by atoms with Crippen molar-refractivity contribution in [2.24, 2.45) is 0 Å². The molecule has 1 N–H and O–H groups in total. The molecule has 2 aliphatic heterocycles. The van der Waals surface area contributed by atoms with Gasteiger partial charge >= 0.3 is 0 Å². The maximum atomic E-state index is 13.3. The van der Waals surface area contributed by atoms with E-state index < -0.39 is 0 Å². The van der Waals surface area contributed by atoms with Gasteiger partial charge in [-0.3, -0.25) is 4.79 Å². The lowest BCUT2D eigenvalue weighted by Crippen LogP contribution is -2.42. The number of pyridine rings is 1. The Morgan fingerprint density at radius 2 is 2.04 bits per heavy atom. The van der Waals surface area contributed by atoms with Gasteiger partial charge in [0.25, 0.3) is 5.91 Å². The third-order valence-electron chi connectivity index (χ3n) is 6.61. The second-order valence-corrected chi connectivity index (χ2v) is 8.27. The summed E-state index contributed by atoms with van der Waals surface area (Å²) in [6, 6.07) is 4.19. The van der Waals surface area contributed by atoms with Crippen LogP contribution in [0.4, 0.5) is 5.82 Å². The second-order valence-electron chi connectivity index (χ2n) is 8.27. The van der Waals surface area contributed by atoms with Gasteiger partial charge in [0.2, 0.25) is 0 Å². The minimum atomic E-state index is 0.162. The highest BCUT2D eigenvalue weighted by Gasteiger charge is 2.42. The first-order valence-corrected chi connectivity index (χ1v) is 10.5. The van der Waals surface area contributed by atoms with Crippen molar-refractivity contribution < 1.29 is 4.79 Å². The molecule has 1 atom stereocenters. The van der Waals surface area contributed by atoms with Crippen LogP contribution in [0.3, 0.4) is 0 Å². The molecule has 1 aliphatic carbocycles. The molecule has 1 saturated carbocycles. The summed E-state index contributed by atoms with van der Waals surface area (Å²) >= 11 is 0. The maximum absolute atomic E-state index is 13.3. The summed E-state index contributed by atoms with van der Waals surface area (Å²) in [4.78, 5) is 22.1. The topological polar surface area (TPSA) is 48.5 Å². The molecule has 142 valence electrons. The summed E-state index contributed by atoms with van der Waals surface area (Å²) < 4.78 is 0. The number of rotatable bonds is 4. The van der Waals surface area contributed by atoms with Gasteiger partial charge in [0.15, 0.2) is 0 Å². The van der Waals surface area contributed by atoms with Crippen LogP contribution in [0.2, 0.25) is 0 Å². The van der Waals surface area contributed by atoms with Crippen molar-refractivity contribution >= 4 is 11.7 Å². The first-order valence-electron chi connectivity index (χ1n) is 10.5. The van der Waals surface area contributed by atoms with Gasteiger partial charge in [0, 0.05) is 49.5 Å². The molecule has 1 spiro atoms. The van der Waals surface area contributed by atoms with Crippen molar-refractivity contribution in [2.75, 3.05) is 31.1 Å². The fourth-order valence-electron chi connectivity index (χ4n) is 5.16. The zero-order valence-electron chi connectivity index (χ0n) is 16.0. The Labute approximate surface area is 157 Å². The lowest BCUT2D eigenvalue weighted by atomic mass is 9.80. The summed E-state index contributed by atoms with van der Waals surface area (Å²) in [5.41, 5.74) is 1.07. The highest BCUT2D eigenvalue weighted by molar-refractivity contribution is 5.95. The largest absolute Gasteiger partial charge is 0.357 e. The zero-order valence-corrected chi connectivity index (χ0v) is 16.0. The molecule has 0 aromatic carbocycles. The molecule has 1 aromatic heterocycles. The van der Waals surface area contributed by atoms with E-state index in [1.54, 1.807) is 6.20 Å². The standard InChI is InChI=1S/C21H32N4O/c1-2-25(18-15-21(23-16-18)9-4-3-5-10-21)20(26)17-8-11-22-19(14-17)24-12-6-7-13-24/h8,11,14,18,23H,2-7,9-10,12-13,15-16H2,1H3/t18-/m1/s1. The molecule has 4 rings (SSSR count). The number of likely N-dealkylation sites (N-methyl/N-ethyl adjacent to an activating group) is 1. The van der Waals surface area contributed by atoms with E-state index in [9.17, 15) is 4.79 Å². The monoisotopic (exact) mass is 356 g/mol. The molecule has 2 saturated heterocycles. The first-order chi connectivity index (χ1) is 12.7. The molecule has 1 amide bonds. The minimum absolute atomic E-state index is 0.162. The van der Waals surface area contributed by atoms with E-state index in [2.05, 4.69) is 27.0 Å². The van der Waals surface area contributed by atoms with Crippen LogP contribution in [0, 0.1) is 0 Å². The van der Waals surface area contributed by atoms with Crippen molar-refractivity contribution in [2.45, 2.75) is 69.9 Å². The molecule has 3 aliphatic rings. The van der Waals surface area contributed by atoms with Crippen LogP contribution in [0.5, 0.6) is 0 Å². The van der Waals surface area contributed by atoms with Crippen molar-refractivity contribution in [1.29, 1.82) is 0 Å². The van der Waals surface area contributed by atoms with Gasteiger partial charge in [-0.2, -0.15) is 0 Å². The first kappa shape index (κ1) is 17.8. The third-order valence-corrected chi connectivity index (χ3v) is 6.61. The number of carbonyl (C=O) groups is 1. The highest BCUT2D eigenvalue weighted by Crippen LogP contribution is 2.36. The number of nitrogens with zero attached hydrogens (tertiary/aromatic N) is 3. The van der Waals surface area contributed by atoms with E-state index in [0.29, 0.717) is 6.04 Å². The van der Waals surface area contributed by atoms with Crippen molar-refractivity contribution in [3.05, 3.63) is 23.9 Å². The van der Waals surface area contributed by atoms with Gasteiger partial charge in [-0.25, -0.2) is 4.98 Å². The second kappa shape index (κ2) is 7.55. The third kappa shape index (κ3) is 3.46. The van der Waals surface area contributed by atoms with Crippen molar-refractivity contribution in [1.82, 2.24) is 15.2 Å². The smallest absolute Gasteiger partial charge is 0.254 e. The maximum Gasteiger partial charge on any atom is 0.254 e. The lowest BCUT2D eigenvalue weighted by Gasteiger charge is -2.35. The van der Waals surface area contributed by atoms with Crippen LogP contribution in [0.1, 0.15) is 68.6 Å². The van der Waals surface area contributed by atoms with E-state index >= 15 is 0 Å². The molecule has 0 unspecified atom stereocenters. The number of aromatic nitrogens is 1. The van der Waals surface area contributed by atoms with E-state index in [4.69, 9.17) is 0 Å². The van der Waals surface area contributed by atoms with E-state index in [0.717, 1.165) is 44.0 Å². The molecule has 5 nitrogen and oxygen atoms in total. The molecule has 26 heavy (non-hydrogen) atoms. The van der Waals surface area contributed by atoms with Crippen LogP contribution in [-0.4, -0.2) is 53.6 Å². The van der Waals surface area contributed by atoms with E-state index in [1.165, 1.54) is 44.9 Å². The van der Waals surface area contributed by atoms with Crippen LogP contribution in [0.25, 0.3) is 0 Å². The Bertz CT molecular complexity index is 635. The van der Waals surface area contributed by atoms with Gasteiger partial charge < -0.3 is 15.1 Å². The summed E-state index contributed by atoms with van der Waals surface area (Å²) in [6.07, 6.45) is 11.9. The number of hydrogen-bond acceptors (Lipinski definition) is 4. The molecule has 5 heteroatoms. The van der Waals surface area contributed by atoms with E-state index in [-0.39, 0.29) is 11.4 Å². The van der Waals surface area contributed by atoms with Crippen molar-refractivity contribution in [3.63, 3.8) is 0 Å². The summed E-state index contributed by atoms with van der Waals surface area (Å²) in [7, 11) is 0. The summed E-state index contributed by atoms with van der Waals surface area (Å²) in [6.45, 7) is 5.91. The van der Waals surface area contributed by atoms with Crippen LogP contribution in [0.15, 0.2) is 18.3 Å². The van der Waals surface area contributed by atoms with E-state index in [1.807, 2.05) is 12.1 Å².